The Bertz CT molecular complexity index is 2620. The molecule has 2 aromatic heterocycles. The van der Waals surface area contributed by atoms with Gasteiger partial charge < -0.3 is 0 Å². The Labute approximate surface area is 314 Å². The third kappa shape index (κ3) is 6.94. The zero-order valence-electron chi connectivity index (χ0n) is 29.3. The van der Waals surface area contributed by atoms with Crippen LogP contribution in [-0.4, -0.2) is 24.9 Å². The van der Waals surface area contributed by atoms with Gasteiger partial charge in [0.1, 0.15) is 0 Å². The Morgan fingerprint density at radius 3 is 0.870 bits per heavy atom. The Hall–Kier alpha value is -7.37. The van der Waals surface area contributed by atoms with E-state index < -0.39 is 0 Å². The molecule has 0 N–H and O–H groups in total. The summed E-state index contributed by atoms with van der Waals surface area (Å²) in [5, 5.41) is 0. The van der Waals surface area contributed by atoms with Crippen molar-refractivity contribution in [1.29, 1.82) is 0 Å². The number of hydrogen-bond acceptors (Lipinski definition) is 5. The maximum absolute atomic E-state index is 5.10. The third-order valence-electron chi connectivity index (χ3n) is 9.36. The van der Waals surface area contributed by atoms with Crippen LogP contribution in [0.5, 0.6) is 0 Å². The normalized spacial score (nSPS) is 11.0. The van der Waals surface area contributed by atoms with Crippen molar-refractivity contribution in [2.24, 2.45) is 0 Å². The van der Waals surface area contributed by atoms with Crippen molar-refractivity contribution in [3.8, 4) is 90.3 Å². The molecule has 0 saturated heterocycles. The predicted octanol–water partition coefficient (Wildman–Crippen LogP) is 12.0. The van der Waals surface area contributed by atoms with Crippen LogP contribution in [-0.2, 0) is 0 Å². The highest BCUT2D eigenvalue weighted by Crippen LogP contribution is 2.33. The molecule has 0 spiro atoms. The lowest BCUT2D eigenvalue weighted by molar-refractivity contribution is 1.07. The maximum Gasteiger partial charge on any atom is 0.164 e. The lowest BCUT2D eigenvalue weighted by Gasteiger charge is -2.12. The van der Waals surface area contributed by atoms with Gasteiger partial charge in [-0.15, -0.1) is 0 Å². The van der Waals surface area contributed by atoms with Gasteiger partial charge in [0.05, 0.1) is 11.4 Å². The second kappa shape index (κ2) is 14.7. The minimum atomic E-state index is 0.626. The molecule has 0 radical (unpaired) electrons. The van der Waals surface area contributed by atoms with Crippen molar-refractivity contribution in [3.05, 3.63) is 200 Å². The van der Waals surface area contributed by atoms with Gasteiger partial charge in [0, 0.05) is 33.4 Å². The molecule has 0 amide bonds. The summed E-state index contributed by atoms with van der Waals surface area (Å²) in [5.41, 5.74) is 12.0. The van der Waals surface area contributed by atoms with Crippen molar-refractivity contribution in [1.82, 2.24) is 24.9 Å². The quantitative estimate of drug-likeness (QED) is 0.159. The first-order valence-corrected chi connectivity index (χ1v) is 17.9. The molecule has 0 aliphatic heterocycles. The van der Waals surface area contributed by atoms with Crippen LogP contribution >= 0.6 is 0 Å². The molecule has 0 saturated carbocycles. The second-order valence-electron chi connectivity index (χ2n) is 13.0. The van der Waals surface area contributed by atoms with E-state index in [1.54, 1.807) is 0 Å². The Kier molecular flexibility index (Phi) is 8.86. The summed E-state index contributed by atoms with van der Waals surface area (Å²) in [6.07, 6.45) is 0. The number of aromatic nitrogens is 5. The van der Waals surface area contributed by atoms with Gasteiger partial charge in [0.2, 0.25) is 0 Å². The predicted molar refractivity (Wildman–Crippen MR) is 219 cm³/mol. The molecule has 54 heavy (non-hydrogen) atoms. The van der Waals surface area contributed by atoms with Crippen molar-refractivity contribution in [2.75, 3.05) is 0 Å². The van der Waals surface area contributed by atoms with Crippen molar-refractivity contribution in [2.45, 2.75) is 0 Å². The van der Waals surface area contributed by atoms with Gasteiger partial charge in [-0.2, -0.15) is 0 Å². The number of benzene rings is 7. The van der Waals surface area contributed by atoms with Crippen LogP contribution in [0.1, 0.15) is 0 Å². The minimum Gasteiger partial charge on any atom is -0.228 e. The van der Waals surface area contributed by atoms with Crippen molar-refractivity contribution >= 4 is 0 Å². The molecular weight excluding hydrogens is 659 g/mol. The summed E-state index contributed by atoms with van der Waals surface area (Å²) in [4.78, 5) is 24.8. The molecule has 0 aliphatic rings. The zero-order valence-corrected chi connectivity index (χ0v) is 29.3. The standard InChI is InChI=1S/C49H33N5/c1-5-15-34(16-6-1)40-23-13-25-42(31-40)44-33-45(51-46(50-44)36-17-7-2-8-18-36)43-26-14-24-41(32-43)35-27-29-39(30-28-35)49-53-47(37-19-9-3-10-20-37)52-48(54-49)38-21-11-4-12-22-38/h1-33H. The fourth-order valence-corrected chi connectivity index (χ4v) is 6.56. The topological polar surface area (TPSA) is 64.5 Å². The molecule has 0 fully saturated rings. The zero-order chi connectivity index (χ0) is 36.1. The average molecular weight is 692 g/mol. The molecule has 0 atom stereocenters. The van der Waals surface area contributed by atoms with E-state index in [1.807, 2.05) is 84.9 Å². The SMILES string of the molecule is c1ccc(-c2cccc(-c3cc(-c4cccc(-c5ccc(-c6nc(-c7ccccc7)nc(-c7ccccc7)n6)cc5)c4)nc(-c4ccccc4)n3)c2)cc1. The molecule has 5 heteroatoms. The average Bonchev–Trinajstić information content (AvgIpc) is 3.27. The fourth-order valence-electron chi connectivity index (χ4n) is 6.56. The van der Waals surface area contributed by atoms with E-state index >= 15 is 0 Å². The number of rotatable bonds is 8. The van der Waals surface area contributed by atoms with Crippen molar-refractivity contribution < 1.29 is 0 Å². The Morgan fingerprint density at radius 1 is 0.185 bits per heavy atom. The van der Waals surface area contributed by atoms with E-state index in [-0.39, 0.29) is 0 Å². The number of hydrogen-bond donors (Lipinski definition) is 0. The van der Waals surface area contributed by atoms with Gasteiger partial charge in [-0.25, -0.2) is 24.9 Å². The lowest BCUT2D eigenvalue weighted by Crippen LogP contribution is -2.00. The van der Waals surface area contributed by atoms with Gasteiger partial charge in [0.25, 0.3) is 0 Å². The first kappa shape index (κ1) is 32.5. The smallest absolute Gasteiger partial charge is 0.164 e. The number of nitrogens with zero attached hydrogens (tertiary/aromatic N) is 5. The lowest BCUT2D eigenvalue weighted by atomic mass is 9.98. The molecule has 0 bridgehead atoms. The van der Waals surface area contributed by atoms with Crippen LogP contribution in [0.15, 0.2) is 200 Å². The molecule has 2 heterocycles. The van der Waals surface area contributed by atoms with E-state index in [1.165, 1.54) is 5.56 Å². The molecule has 0 aliphatic carbocycles. The maximum atomic E-state index is 5.10. The van der Waals surface area contributed by atoms with Crippen LogP contribution in [0.4, 0.5) is 0 Å². The van der Waals surface area contributed by atoms with Gasteiger partial charge in [-0.05, 0) is 40.5 Å². The molecule has 254 valence electrons. The van der Waals surface area contributed by atoms with Crippen molar-refractivity contribution in [3.63, 3.8) is 0 Å². The minimum absolute atomic E-state index is 0.626. The van der Waals surface area contributed by atoms with E-state index in [4.69, 9.17) is 24.9 Å². The fraction of sp³-hybridized carbons (Fsp3) is 0. The summed E-state index contributed by atoms with van der Waals surface area (Å²) < 4.78 is 0. The van der Waals surface area contributed by atoms with Crippen LogP contribution < -0.4 is 0 Å². The highest BCUT2D eigenvalue weighted by molar-refractivity contribution is 5.78. The van der Waals surface area contributed by atoms with E-state index in [0.717, 1.165) is 61.5 Å². The van der Waals surface area contributed by atoms with Crippen LogP contribution in [0.2, 0.25) is 0 Å². The first-order chi connectivity index (χ1) is 26.7. The van der Waals surface area contributed by atoms with Gasteiger partial charge in [-0.3, -0.25) is 0 Å². The molecule has 7 aromatic carbocycles. The highest BCUT2D eigenvalue weighted by atomic mass is 15.0. The summed E-state index contributed by atoms with van der Waals surface area (Å²) in [5.74, 6) is 2.59. The summed E-state index contributed by atoms with van der Waals surface area (Å²) in [6, 6.07) is 68.2. The largest absolute Gasteiger partial charge is 0.228 e. The Balaban J connectivity index is 1.08. The molecule has 0 unspecified atom stereocenters. The van der Waals surface area contributed by atoms with Crippen LogP contribution in [0, 0.1) is 0 Å². The van der Waals surface area contributed by atoms with Gasteiger partial charge in [-0.1, -0.05) is 182 Å². The molecule has 5 nitrogen and oxygen atoms in total. The van der Waals surface area contributed by atoms with Gasteiger partial charge >= 0.3 is 0 Å². The monoisotopic (exact) mass is 691 g/mol. The second-order valence-corrected chi connectivity index (χ2v) is 13.0. The summed E-state index contributed by atoms with van der Waals surface area (Å²) in [7, 11) is 0. The molecule has 9 aromatic rings. The summed E-state index contributed by atoms with van der Waals surface area (Å²) in [6.45, 7) is 0. The van der Waals surface area contributed by atoms with E-state index in [0.29, 0.717) is 23.3 Å². The van der Waals surface area contributed by atoms with E-state index in [9.17, 15) is 0 Å². The van der Waals surface area contributed by atoms with Crippen LogP contribution in [0.3, 0.4) is 0 Å². The molecule has 9 rings (SSSR count). The summed E-state index contributed by atoms with van der Waals surface area (Å²) >= 11 is 0. The third-order valence-corrected chi connectivity index (χ3v) is 9.36. The van der Waals surface area contributed by atoms with Crippen LogP contribution in [0.25, 0.3) is 90.3 Å². The Morgan fingerprint density at radius 2 is 0.463 bits per heavy atom. The van der Waals surface area contributed by atoms with Gasteiger partial charge in [0.15, 0.2) is 23.3 Å². The molecular formula is C49H33N5. The van der Waals surface area contributed by atoms with E-state index in [2.05, 4.69) is 115 Å². The first-order valence-electron chi connectivity index (χ1n) is 17.9. The highest BCUT2D eigenvalue weighted by Gasteiger charge is 2.14.